The van der Waals surface area contributed by atoms with Crippen LogP contribution in [0.2, 0.25) is 0 Å². The lowest BCUT2D eigenvalue weighted by Gasteiger charge is -2.10. The van der Waals surface area contributed by atoms with Crippen LogP contribution >= 0.6 is 0 Å². The van der Waals surface area contributed by atoms with Gasteiger partial charge in [-0.3, -0.25) is 9.36 Å². The fraction of sp³-hybridized carbons (Fsp3) is 0.0909. The summed E-state index contributed by atoms with van der Waals surface area (Å²) >= 11 is 0. The number of aromatic nitrogens is 2. The Kier molecular flexibility index (Phi) is 2.60. The van der Waals surface area contributed by atoms with Gasteiger partial charge in [-0.1, -0.05) is 30.3 Å². The first-order chi connectivity index (χ1) is 7.29. The monoisotopic (exact) mass is 201 g/mol. The second kappa shape index (κ2) is 4.06. The molecule has 1 aromatic carbocycles. The fourth-order valence-corrected chi connectivity index (χ4v) is 1.35. The van der Waals surface area contributed by atoms with Crippen LogP contribution < -0.4 is 5.73 Å². The molecule has 0 aliphatic heterocycles. The molecule has 15 heavy (non-hydrogen) atoms. The van der Waals surface area contributed by atoms with Crippen molar-refractivity contribution in [3.63, 3.8) is 0 Å². The number of rotatable bonds is 2. The van der Waals surface area contributed by atoms with Crippen molar-refractivity contribution in [2.75, 3.05) is 0 Å². The van der Waals surface area contributed by atoms with E-state index < -0.39 is 6.04 Å². The average Bonchev–Trinajstić information content (AvgIpc) is 2.82. The van der Waals surface area contributed by atoms with Crippen LogP contribution in [0.25, 0.3) is 0 Å². The first-order valence-electron chi connectivity index (χ1n) is 4.62. The molecule has 0 spiro atoms. The van der Waals surface area contributed by atoms with Crippen molar-refractivity contribution >= 4 is 5.91 Å². The fourth-order valence-electron chi connectivity index (χ4n) is 1.35. The van der Waals surface area contributed by atoms with E-state index in [-0.39, 0.29) is 5.91 Å². The van der Waals surface area contributed by atoms with Gasteiger partial charge in [0.25, 0.3) is 5.91 Å². The Balaban J connectivity index is 2.23. The number of nitrogens with zero attached hydrogens (tertiary/aromatic N) is 2. The molecule has 0 saturated carbocycles. The van der Waals surface area contributed by atoms with Crippen molar-refractivity contribution in [2.24, 2.45) is 5.73 Å². The molecule has 0 fully saturated rings. The van der Waals surface area contributed by atoms with Gasteiger partial charge < -0.3 is 5.73 Å². The van der Waals surface area contributed by atoms with E-state index in [4.69, 9.17) is 5.73 Å². The van der Waals surface area contributed by atoms with Gasteiger partial charge in [-0.15, -0.1) is 0 Å². The number of imidazole rings is 1. The molecule has 1 atom stereocenters. The van der Waals surface area contributed by atoms with Gasteiger partial charge in [0.2, 0.25) is 0 Å². The summed E-state index contributed by atoms with van der Waals surface area (Å²) < 4.78 is 1.39. The van der Waals surface area contributed by atoms with Crippen molar-refractivity contribution in [2.45, 2.75) is 6.04 Å². The van der Waals surface area contributed by atoms with Gasteiger partial charge in [0.1, 0.15) is 12.4 Å². The molecule has 4 heteroatoms. The maximum Gasteiger partial charge on any atom is 0.253 e. The summed E-state index contributed by atoms with van der Waals surface area (Å²) in [5.74, 6) is -0.182. The highest BCUT2D eigenvalue weighted by Crippen LogP contribution is 2.11. The van der Waals surface area contributed by atoms with E-state index in [9.17, 15) is 4.79 Å². The molecular weight excluding hydrogens is 190 g/mol. The summed E-state index contributed by atoms with van der Waals surface area (Å²) in [7, 11) is 0. The van der Waals surface area contributed by atoms with Gasteiger partial charge in [0.15, 0.2) is 0 Å². The number of nitrogens with two attached hydrogens (primary N) is 1. The minimum atomic E-state index is -0.639. The van der Waals surface area contributed by atoms with E-state index >= 15 is 0 Å². The van der Waals surface area contributed by atoms with Crippen molar-refractivity contribution in [3.8, 4) is 0 Å². The molecule has 0 bridgehead atoms. The average molecular weight is 201 g/mol. The summed E-state index contributed by atoms with van der Waals surface area (Å²) in [6.07, 6.45) is 4.59. The second-order valence-electron chi connectivity index (χ2n) is 3.20. The molecule has 1 unspecified atom stereocenters. The predicted molar refractivity (Wildman–Crippen MR) is 56.2 cm³/mol. The van der Waals surface area contributed by atoms with E-state index in [0.29, 0.717) is 0 Å². The summed E-state index contributed by atoms with van der Waals surface area (Å²) in [5, 5.41) is 0. The highest BCUT2D eigenvalue weighted by atomic mass is 16.2. The molecule has 76 valence electrons. The van der Waals surface area contributed by atoms with Gasteiger partial charge >= 0.3 is 0 Å². The molecule has 1 aromatic heterocycles. The first-order valence-corrected chi connectivity index (χ1v) is 4.62. The summed E-state index contributed by atoms with van der Waals surface area (Å²) in [4.78, 5) is 15.6. The van der Waals surface area contributed by atoms with Crippen LogP contribution in [0.15, 0.2) is 49.1 Å². The van der Waals surface area contributed by atoms with E-state index in [2.05, 4.69) is 4.98 Å². The minimum absolute atomic E-state index is 0.182. The Morgan fingerprint density at radius 2 is 2.07 bits per heavy atom. The van der Waals surface area contributed by atoms with Crippen LogP contribution in [0, 0.1) is 0 Å². The molecule has 2 rings (SSSR count). The van der Waals surface area contributed by atoms with Gasteiger partial charge in [-0.25, -0.2) is 4.98 Å². The topological polar surface area (TPSA) is 60.9 Å². The second-order valence-corrected chi connectivity index (χ2v) is 3.20. The largest absolute Gasteiger partial charge is 0.316 e. The van der Waals surface area contributed by atoms with Crippen molar-refractivity contribution < 1.29 is 4.79 Å². The SMILES string of the molecule is NC(C(=O)n1ccnc1)c1ccccc1. The predicted octanol–water partition coefficient (Wildman–Crippen LogP) is 1.22. The maximum atomic E-state index is 11.8. The summed E-state index contributed by atoms with van der Waals surface area (Å²) in [6.45, 7) is 0. The lowest BCUT2D eigenvalue weighted by molar-refractivity contribution is 0.0879. The Morgan fingerprint density at radius 3 is 2.67 bits per heavy atom. The molecule has 0 amide bonds. The smallest absolute Gasteiger partial charge is 0.253 e. The zero-order valence-electron chi connectivity index (χ0n) is 8.08. The zero-order chi connectivity index (χ0) is 10.7. The minimum Gasteiger partial charge on any atom is -0.316 e. The van der Waals surface area contributed by atoms with Crippen LogP contribution in [0.3, 0.4) is 0 Å². The van der Waals surface area contributed by atoms with Crippen LogP contribution in [0.1, 0.15) is 16.4 Å². The number of hydrogen-bond donors (Lipinski definition) is 1. The maximum absolute atomic E-state index is 11.8. The number of hydrogen-bond acceptors (Lipinski definition) is 3. The van der Waals surface area contributed by atoms with Gasteiger partial charge in [-0.2, -0.15) is 0 Å². The lowest BCUT2D eigenvalue weighted by Crippen LogP contribution is -2.25. The highest BCUT2D eigenvalue weighted by molar-refractivity contribution is 5.85. The van der Waals surface area contributed by atoms with Gasteiger partial charge in [0, 0.05) is 12.4 Å². The highest BCUT2D eigenvalue weighted by Gasteiger charge is 2.16. The lowest BCUT2D eigenvalue weighted by atomic mass is 10.1. The van der Waals surface area contributed by atoms with Crippen molar-refractivity contribution in [3.05, 3.63) is 54.6 Å². The zero-order valence-corrected chi connectivity index (χ0v) is 8.08. The molecule has 0 saturated heterocycles. The van der Waals surface area contributed by atoms with Gasteiger partial charge in [0.05, 0.1) is 0 Å². The number of carbonyl (C=O) groups is 1. The Bertz CT molecular complexity index is 436. The number of benzene rings is 1. The third kappa shape index (κ3) is 1.94. The third-order valence-electron chi connectivity index (χ3n) is 2.18. The van der Waals surface area contributed by atoms with Crippen molar-refractivity contribution in [1.29, 1.82) is 0 Å². The van der Waals surface area contributed by atoms with E-state index in [1.54, 1.807) is 12.4 Å². The molecule has 4 nitrogen and oxygen atoms in total. The molecule has 0 radical (unpaired) electrons. The summed E-state index contributed by atoms with van der Waals surface area (Å²) in [5.41, 5.74) is 6.63. The standard InChI is InChI=1S/C11H11N3O/c12-10(9-4-2-1-3-5-9)11(15)14-7-6-13-8-14/h1-8,10H,12H2. The van der Waals surface area contributed by atoms with Crippen LogP contribution in [-0.4, -0.2) is 15.5 Å². The Labute approximate surface area is 87.4 Å². The van der Waals surface area contributed by atoms with Gasteiger partial charge in [-0.05, 0) is 5.56 Å². The third-order valence-corrected chi connectivity index (χ3v) is 2.18. The summed E-state index contributed by atoms with van der Waals surface area (Å²) in [6, 6.07) is 8.63. The van der Waals surface area contributed by atoms with E-state index in [0.717, 1.165) is 5.56 Å². The molecule has 1 heterocycles. The van der Waals surface area contributed by atoms with E-state index in [1.807, 2.05) is 30.3 Å². The van der Waals surface area contributed by atoms with Crippen LogP contribution in [-0.2, 0) is 0 Å². The molecule has 2 aromatic rings. The molecule has 0 aliphatic rings. The Morgan fingerprint density at radius 1 is 1.33 bits per heavy atom. The van der Waals surface area contributed by atoms with Crippen LogP contribution in [0.4, 0.5) is 0 Å². The Hall–Kier alpha value is -1.94. The van der Waals surface area contributed by atoms with Crippen molar-refractivity contribution in [1.82, 2.24) is 9.55 Å². The molecule has 2 N–H and O–H groups in total. The quantitative estimate of drug-likeness (QED) is 0.794. The van der Waals surface area contributed by atoms with E-state index in [1.165, 1.54) is 10.9 Å². The normalized spacial score (nSPS) is 12.3. The molecule has 0 aliphatic carbocycles. The number of carbonyl (C=O) groups excluding carboxylic acids is 1. The molecular formula is C11H11N3O. The first kappa shape index (κ1) is 9.61. The van der Waals surface area contributed by atoms with Crippen LogP contribution in [0.5, 0.6) is 0 Å².